The van der Waals surface area contributed by atoms with E-state index in [0.29, 0.717) is 12.1 Å². The molecule has 0 radical (unpaired) electrons. The van der Waals surface area contributed by atoms with Crippen LogP contribution in [0.2, 0.25) is 0 Å². The van der Waals surface area contributed by atoms with Gasteiger partial charge in [0.2, 0.25) is 5.91 Å². The van der Waals surface area contributed by atoms with Crippen LogP contribution in [0.25, 0.3) is 0 Å². The van der Waals surface area contributed by atoms with E-state index >= 15 is 0 Å². The van der Waals surface area contributed by atoms with Crippen LogP contribution >= 0.6 is 0 Å². The Morgan fingerprint density at radius 3 is 2.24 bits per heavy atom. The van der Waals surface area contributed by atoms with Gasteiger partial charge in [0.1, 0.15) is 12.4 Å². The largest absolute Gasteiger partial charge is 0.396 e. The molecule has 3 N–H and O–H groups in total. The predicted octanol–water partition coefficient (Wildman–Crippen LogP) is 6.90. The molecule has 5 atom stereocenters. The maximum absolute atomic E-state index is 14.0. The standard InChI is InChI=1S/C38H63N5O3/c1-3-36-40-37(43(46-36)32-18-13-7-4-5-8-14-19-32)30-20-22-33-29(26-30)21-23-35(33)39-38(45)34-27-42(41(28(34)2)24-15-25-44)31-16-11-9-6-10-12-17-31/h20,22,26,28,31-32,34-37,40,44H,3-19,21,23-25,27H2,1-2H3,(H,39,45)/t28?,34?,35-,36?,37?/m1/s1. The molecule has 0 aromatic heterocycles. The third-order valence-electron chi connectivity index (χ3n) is 11.9. The number of benzene rings is 1. The zero-order valence-electron chi connectivity index (χ0n) is 28.9. The molecule has 3 aliphatic carbocycles. The molecule has 2 saturated heterocycles. The van der Waals surface area contributed by atoms with Gasteiger partial charge in [-0.3, -0.25) is 14.9 Å². The van der Waals surface area contributed by atoms with E-state index in [1.165, 1.54) is 113 Å². The fourth-order valence-electron chi connectivity index (χ4n) is 9.18. The van der Waals surface area contributed by atoms with Crippen molar-refractivity contribution in [3.8, 4) is 0 Å². The Morgan fingerprint density at radius 2 is 1.59 bits per heavy atom. The number of nitrogens with zero attached hydrogens (tertiary/aromatic N) is 3. The van der Waals surface area contributed by atoms with Gasteiger partial charge in [0.05, 0.1) is 12.0 Å². The predicted molar refractivity (Wildman–Crippen MR) is 183 cm³/mol. The molecule has 2 aliphatic heterocycles. The highest BCUT2D eigenvalue weighted by molar-refractivity contribution is 5.80. The maximum Gasteiger partial charge on any atom is 0.226 e. The van der Waals surface area contributed by atoms with Crippen LogP contribution in [-0.4, -0.2) is 70.1 Å². The average Bonchev–Trinajstić information content (AvgIpc) is 3.77. The topological polar surface area (TPSA) is 80.3 Å². The minimum Gasteiger partial charge on any atom is -0.396 e. The minimum absolute atomic E-state index is 0.0557. The molecule has 4 fully saturated rings. The highest BCUT2D eigenvalue weighted by Gasteiger charge is 2.44. The van der Waals surface area contributed by atoms with E-state index in [1.54, 1.807) is 0 Å². The number of hydroxylamine groups is 2. The van der Waals surface area contributed by atoms with Crippen molar-refractivity contribution in [2.75, 3.05) is 19.7 Å². The molecule has 2 saturated carbocycles. The summed E-state index contributed by atoms with van der Waals surface area (Å²) in [4.78, 5) is 20.5. The summed E-state index contributed by atoms with van der Waals surface area (Å²) in [6.07, 6.45) is 23.2. The van der Waals surface area contributed by atoms with Crippen LogP contribution in [0.5, 0.6) is 0 Å². The molecule has 0 spiro atoms. The van der Waals surface area contributed by atoms with Gasteiger partial charge in [-0.1, -0.05) is 95.8 Å². The second kappa shape index (κ2) is 16.7. The number of carbonyl (C=O) groups is 1. The van der Waals surface area contributed by atoms with Crippen LogP contribution in [0.3, 0.4) is 0 Å². The smallest absolute Gasteiger partial charge is 0.226 e. The molecular weight excluding hydrogens is 574 g/mol. The zero-order chi connectivity index (χ0) is 31.9. The summed E-state index contributed by atoms with van der Waals surface area (Å²) in [7, 11) is 0. The number of fused-ring (bicyclic) bond motifs is 1. The van der Waals surface area contributed by atoms with E-state index in [1.807, 2.05) is 0 Å². The van der Waals surface area contributed by atoms with Crippen molar-refractivity contribution >= 4 is 5.91 Å². The first-order valence-corrected chi connectivity index (χ1v) is 19.4. The fraction of sp³-hybridized carbons (Fsp3) is 0.816. The molecule has 1 amide bonds. The van der Waals surface area contributed by atoms with Gasteiger partial charge < -0.3 is 10.4 Å². The lowest BCUT2D eigenvalue weighted by atomic mass is 9.95. The third kappa shape index (κ3) is 8.01. The summed E-state index contributed by atoms with van der Waals surface area (Å²) >= 11 is 0. The van der Waals surface area contributed by atoms with Crippen molar-refractivity contribution in [3.05, 3.63) is 34.9 Å². The van der Waals surface area contributed by atoms with Crippen LogP contribution in [0.15, 0.2) is 18.2 Å². The van der Waals surface area contributed by atoms with Crippen LogP contribution in [0, 0.1) is 5.92 Å². The van der Waals surface area contributed by atoms with Gasteiger partial charge in [0.25, 0.3) is 0 Å². The highest BCUT2D eigenvalue weighted by Crippen LogP contribution is 2.38. The number of rotatable bonds is 9. The van der Waals surface area contributed by atoms with Crippen molar-refractivity contribution in [2.24, 2.45) is 5.92 Å². The Hall–Kier alpha value is -1.55. The van der Waals surface area contributed by atoms with Gasteiger partial charge in [-0.2, -0.15) is 5.06 Å². The van der Waals surface area contributed by atoms with Gasteiger partial charge in [-0.05, 0) is 75.0 Å². The Morgan fingerprint density at radius 1 is 0.935 bits per heavy atom. The molecule has 1 aromatic rings. The molecule has 6 rings (SSSR count). The second-order valence-electron chi connectivity index (χ2n) is 15.1. The first kappa shape index (κ1) is 34.3. The van der Waals surface area contributed by atoms with Crippen LogP contribution < -0.4 is 10.6 Å². The lowest BCUT2D eigenvalue weighted by Crippen LogP contribution is -2.47. The van der Waals surface area contributed by atoms with Gasteiger partial charge in [0.15, 0.2) is 0 Å². The second-order valence-corrected chi connectivity index (χ2v) is 15.1. The van der Waals surface area contributed by atoms with Gasteiger partial charge in [-0.25, -0.2) is 10.0 Å². The minimum atomic E-state index is -0.0557. The number of hydrogen-bond acceptors (Lipinski definition) is 7. The van der Waals surface area contributed by atoms with Crippen molar-refractivity contribution in [3.63, 3.8) is 0 Å². The highest BCUT2D eigenvalue weighted by atomic mass is 16.7. The molecule has 8 nitrogen and oxygen atoms in total. The molecule has 1 aromatic carbocycles. The van der Waals surface area contributed by atoms with E-state index in [-0.39, 0.29) is 42.9 Å². The first-order chi connectivity index (χ1) is 22.6. The lowest BCUT2D eigenvalue weighted by Gasteiger charge is -2.37. The Balaban J connectivity index is 1.13. The molecule has 46 heavy (non-hydrogen) atoms. The number of hydrazine groups is 1. The van der Waals surface area contributed by atoms with E-state index in [4.69, 9.17) is 4.84 Å². The van der Waals surface area contributed by atoms with Gasteiger partial charge >= 0.3 is 0 Å². The third-order valence-corrected chi connectivity index (χ3v) is 11.9. The number of aliphatic hydroxyl groups is 1. The number of nitrogens with one attached hydrogen (secondary N) is 2. The quantitative estimate of drug-likeness (QED) is 0.272. The summed E-state index contributed by atoms with van der Waals surface area (Å²) in [6.45, 7) is 6.24. The lowest BCUT2D eigenvalue weighted by molar-refractivity contribution is -0.194. The summed E-state index contributed by atoms with van der Waals surface area (Å²) in [5, 5.41) is 24.3. The first-order valence-electron chi connectivity index (χ1n) is 19.4. The monoisotopic (exact) mass is 637 g/mol. The van der Waals surface area contributed by atoms with Crippen LogP contribution in [-0.2, 0) is 16.1 Å². The van der Waals surface area contributed by atoms with E-state index in [0.717, 1.165) is 38.8 Å². The molecule has 8 heteroatoms. The van der Waals surface area contributed by atoms with Crippen molar-refractivity contribution in [2.45, 2.75) is 172 Å². The number of amides is 1. The average molecular weight is 638 g/mol. The van der Waals surface area contributed by atoms with Crippen LogP contribution in [0.1, 0.15) is 158 Å². The SMILES string of the molecule is CCC1NC(c2ccc3c(c2)CC[C@H]3NC(=O)C2CN(C3CCCCCCC3)N(CCCO)C2C)N(C2CCCCCCCC2)O1. The normalized spacial score (nSPS) is 31.6. The number of aryl methyl sites for hydroxylation is 1. The summed E-state index contributed by atoms with van der Waals surface area (Å²) in [6, 6.07) is 8.16. The van der Waals surface area contributed by atoms with Gasteiger partial charge in [0, 0.05) is 37.8 Å². The Bertz CT molecular complexity index is 1100. The van der Waals surface area contributed by atoms with Gasteiger partial charge in [-0.15, -0.1) is 0 Å². The van der Waals surface area contributed by atoms with Crippen molar-refractivity contribution in [1.82, 2.24) is 25.7 Å². The van der Waals surface area contributed by atoms with Crippen molar-refractivity contribution in [1.29, 1.82) is 0 Å². The summed E-state index contributed by atoms with van der Waals surface area (Å²) < 4.78 is 0. The Kier molecular flexibility index (Phi) is 12.5. The molecule has 4 unspecified atom stereocenters. The summed E-state index contributed by atoms with van der Waals surface area (Å²) in [5.41, 5.74) is 3.95. The molecule has 5 aliphatic rings. The Labute approximate surface area is 278 Å². The van der Waals surface area contributed by atoms with E-state index in [9.17, 15) is 9.90 Å². The molecule has 258 valence electrons. The van der Waals surface area contributed by atoms with E-state index in [2.05, 4.69) is 57.8 Å². The number of aliphatic hydroxyl groups excluding tert-OH is 1. The number of hydrogen-bond donors (Lipinski definition) is 3. The maximum atomic E-state index is 14.0. The van der Waals surface area contributed by atoms with E-state index < -0.39 is 0 Å². The zero-order valence-corrected chi connectivity index (χ0v) is 28.9. The summed E-state index contributed by atoms with van der Waals surface area (Å²) in [5.74, 6) is 0.139. The molecule has 0 bridgehead atoms. The molecule has 2 heterocycles. The van der Waals surface area contributed by atoms with Crippen molar-refractivity contribution < 1.29 is 14.7 Å². The molecular formula is C38H63N5O3. The fourth-order valence-corrected chi connectivity index (χ4v) is 9.18. The van der Waals surface area contributed by atoms with Crippen LogP contribution in [0.4, 0.5) is 0 Å². The number of carbonyl (C=O) groups excluding carboxylic acids is 1.